The molecule has 2 fully saturated rings. The summed E-state index contributed by atoms with van der Waals surface area (Å²) in [4.78, 5) is 20.2. The average Bonchev–Trinajstić information content (AvgIpc) is 3.38. The van der Waals surface area contributed by atoms with Crippen LogP contribution in [0.5, 0.6) is 0 Å². The van der Waals surface area contributed by atoms with E-state index in [9.17, 15) is 9.18 Å². The van der Waals surface area contributed by atoms with Gasteiger partial charge in [-0.1, -0.05) is 0 Å². The Labute approximate surface area is 191 Å². The van der Waals surface area contributed by atoms with Gasteiger partial charge in [0, 0.05) is 55.7 Å². The molecule has 2 saturated heterocycles. The van der Waals surface area contributed by atoms with E-state index in [1.807, 2.05) is 0 Å². The number of fused-ring (bicyclic) bond motifs is 1. The fraction of sp³-hybridized carbons (Fsp3) is 0.455. The third-order valence-electron chi connectivity index (χ3n) is 6.43. The maximum atomic E-state index is 14.7. The number of hydrogen-bond acceptors (Lipinski definition) is 6. The Morgan fingerprint density at radius 1 is 1.45 bits per heavy atom. The molecule has 2 aromatic rings. The number of amides is 1. The summed E-state index contributed by atoms with van der Waals surface area (Å²) in [7, 11) is 1.76. The van der Waals surface area contributed by atoms with Crippen LogP contribution in [0.3, 0.4) is 0 Å². The van der Waals surface area contributed by atoms with Gasteiger partial charge in [-0.25, -0.2) is 9.18 Å². The largest absolute Gasteiger partial charge is 0.447 e. The van der Waals surface area contributed by atoms with E-state index in [0.29, 0.717) is 42.0 Å². The second kappa shape index (κ2) is 9.18. The van der Waals surface area contributed by atoms with Crippen LogP contribution in [-0.2, 0) is 11.8 Å². The highest BCUT2D eigenvalue weighted by Gasteiger charge is 2.39. The molecule has 3 heterocycles. The summed E-state index contributed by atoms with van der Waals surface area (Å²) in [6.45, 7) is 4.57. The number of carbonyl (C=O) groups is 1. The Morgan fingerprint density at radius 3 is 2.94 bits per heavy atom. The Hall–Kier alpha value is -3.47. The molecule has 1 aromatic heterocycles. The number of anilines is 1. The molecule has 4 rings (SSSR count). The molecule has 1 aromatic carbocycles. The van der Waals surface area contributed by atoms with E-state index in [0.717, 1.165) is 13.1 Å². The Morgan fingerprint density at radius 2 is 2.24 bits per heavy atom. The summed E-state index contributed by atoms with van der Waals surface area (Å²) in [5.74, 6) is -0.449. The number of piperazine rings is 1. The van der Waals surface area contributed by atoms with Crippen molar-refractivity contribution >= 4 is 23.8 Å². The number of aryl methyl sites for hydroxylation is 1. The molecule has 0 saturated carbocycles. The fourth-order valence-corrected chi connectivity index (χ4v) is 4.56. The van der Waals surface area contributed by atoms with Crippen LogP contribution in [0.25, 0.3) is 11.1 Å². The molecule has 3 unspecified atom stereocenters. The van der Waals surface area contributed by atoms with Gasteiger partial charge >= 0.3 is 6.09 Å². The first kappa shape index (κ1) is 22.7. The second-order valence-electron chi connectivity index (χ2n) is 8.60. The van der Waals surface area contributed by atoms with Crippen molar-refractivity contribution in [3.63, 3.8) is 0 Å². The van der Waals surface area contributed by atoms with Gasteiger partial charge in [-0.05, 0) is 25.5 Å². The van der Waals surface area contributed by atoms with Gasteiger partial charge in [0.15, 0.2) is 0 Å². The van der Waals surface area contributed by atoms with Crippen LogP contribution in [-0.4, -0.2) is 82.1 Å². The van der Waals surface area contributed by atoms with Crippen molar-refractivity contribution in [2.24, 2.45) is 17.8 Å². The molecule has 2 aliphatic heterocycles. The number of nitrogen functional groups attached to an aromatic ring is 1. The van der Waals surface area contributed by atoms with Gasteiger partial charge in [0.05, 0.1) is 24.1 Å². The number of benzene rings is 1. The van der Waals surface area contributed by atoms with Crippen LogP contribution >= 0.6 is 0 Å². The lowest BCUT2D eigenvalue weighted by molar-refractivity contribution is -0.116. The minimum Gasteiger partial charge on any atom is -0.447 e. The normalized spacial score (nSPS) is 20.6. The molecule has 176 valence electrons. The van der Waals surface area contributed by atoms with Crippen LogP contribution in [0, 0.1) is 5.82 Å². The molecule has 0 aliphatic carbocycles. The molecule has 0 bridgehead atoms. The minimum absolute atomic E-state index is 0.0567. The maximum absolute atomic E-state index is 14.7. The highest BCUT2D eigenvalue weighted by molar-refractivity contribution is 6.05. The molecular formula is C22H30FN8O2+. The van der Waals surface area contributed by atoms with E-state index in [2.05, 4.69) is 21.9 Å². The van der Waals surface area contributed by atoms with Crippen molar-refractivity contribution in [2.45, 2.75) is 31.5 Å². The van der Waals surface area contributed by atoms with E-state index >= 15 is 0 Å². The molecule has 1 amide bonds. The van der Waals surface area contributed by atoms with E-state index in [-0.39, 0.29) is 23.9 Å². The Balaban J connectivity index is 1.53. The third-order valence-corrected chi connectivity index (χ3v) is 6.43. The summed E-state index contributed by atoms with van der Waals surface area (Å²) >= 11 is 0. The zero-order valence-electron chi connectivity index (χ0n) is 18.8. The second-order valence-corrected chi connectivity index (χ2v) is 8.60. The van der Waals surface area contributed by atoms with Crippen LogP contribution in [0.4, 0.5) is 14.9 Å². The van der Waals surface area contributed by atoms with E-state index in [1.54, 1.807) is 35.1 Å². The highest BCUT2D eigenvalue weighted by atomic mass is 19.1. The van der Waals surface area contributed by atoms with E-state index < -0.39 is 11.9 Å². The van der Waals surface area contributed by atoms with Gasteiger partial charge in [0.25, 0.3) is 0 Å². The lowest BCUT2D eigenvalue weighted by Crippen LogP contribution is -2.56. The standard InChI is InChI=1S/C22H29FN8O2/c1-13(30-3-4-31-15(10-30)11-33-22(31)32)5-20(27-12-24)21(26)17-6-16(18(23)7-19(17)25)14-8-28-29(2)9-14/h6-9,12-13,15,20,26H,3-5,10-11,25H2,1-2H3,(H2,24,27)/p+1. The number of hydrogen-bond donors (Lipinski definition) is 3. The molecule has 0 radical (unpaired) electrons. The topological polar surface area (TPSA) is 141 Å². The van der Waals surface area contributed by atoms with E-state index in [1.165, 1.54) is 12.4 Å². The Bertz CT molecular complexity index is 1080. The third kappa shape index (κ3) is 4.54. The van der Waals surface area contributed by atoms with Crippen molar-refractivity contribution in [3.05, 3.63) is 35.9 Å². The van der Waals surface area contributed by atoms with Gasteiger partial charge in [-0.3, -0.25) is 24.9 Å². The predicted molar refractivity (Wildman–Crippen MR) is 123 cm³/mol. The number of ether oxygens (including phenoxy) is 1. The number of rotatable bonds is 7. The van der Waals surface area contributed by atoms with Crippen LogP contribution in [0.1, 0.15) is 18.9 Å². The monoisotopic (exact) mass is 457 g/mol. The van der Waals surface area contributed by atoms with Gasteiger partial charge in [0.1, 0.15) is 18.5 Å². The number of carbonyl (C=O) groups excluding carboxylic acids is 1. The summed E-state index contributed by atoms with van der Waals surface area (Å²) in [5.41, 5.74) is 13.9. The van der Waals surface area contributed by atoms with Gasteiger partial charge in [-0.2, -0.15) is 5.10 Å². The molecule has 10 nitrogen and oxygen atoms in total. The molecular weight excluding hydrogens is 427 g/mol. The maximum Gasteiger partial charge on any atom is 0.410 e. The summed E-state index contributed by atoms with van der Waals surface area (Å²) in [5, 5.41) is 10.7. The predicted octanol–water partition coefficient (Wildman–Crippen LogP) is -0.373. The van der Waals surface area contributed by atoms with Gasteiger partial charge in [-0.15, -0.1) is 0 Å². The minimum atomic E-state index is -0.449. The lowest BCUT2D eigenvalue weighted by Gasteiger charge is -2.39. The molecule has 11 heteroatoms. The number of nitrogens with two attached hydrogens (primary N) is 3. The van der Waals surface area contributed by atoms with Crippen molar-refractivity contribution in [2.75, 3.05) is 32.0 Å². The molecule has 3 atom stereocenters. The van der Waals surface area contributed by atoms with Crippen molar-refractivity contribution in [1.29, 1.82) is 0 Å². The fourth-order valence-electron chi connectivity index (χ4n) is 4.56. The first-order valence-electron chi connectivity index (χ1n) is 10.9. The quantitative estimate of drug-likeness (QED) is 0.294. The van der Waals surface area contributed by atoms with Crippen LogP contribution in [0.15, 0.2) is 29.5 Å². The summed E-state index contributed by atoms with van der Waals surface area (Å²) in [6, 6.07) is 2.63. The van der Waals surface area contributed by atoms with Gasteiger partial charge in [0.2, 0.25) is 5.71 Å². The molecule has 0 spiro atoms. The molecule has 2 aliphatic rings. The highest BCUT2D eigenvalue weighted by Crippen LogP contribution is 2.29. The first-order valence-corrected chi connectivity index (χ1v) is 10.9. The number of nitrogens with zero attached hydrogens (tertiary/aromatic N) is 5. The molecule has 33 heavy (non-hydrogen) atoms. The SMILES string of the molecule is CC(CC(N=CN)C(=[NH2+])c1cc(-c2cnn(C)c2)c(F)cc1N)N1CCN2C(=O)OCC2C1. The Kier molecular flexibility index (Phi) is 6.32. The number of aromatic nitrogens is 2. The average molecular weight is 458 g/mol. The van der Waals surface area contributed by atoms with E-state index in [4.69, 9.17) is 21.6 Å². The van der Waals surface area contributed by atoms with Crippen LogP contribution in [0.2, 0.25) is 0 Å². The number of aliphatic imine (C=N–C) groups is 1. The van der Waals surface area contributed by atoms with Gasteiger partial charge < -0.3 is 16.2 Å². The lowest BCUT2D eigenvalue weighted by atomic mass is 9.93. The smallest absolute Gasteiger partial charge is 0.410 e. The number of halogens is 1. The molecule has 6 N–H and O–H groups in total. The van der Waals surface area contributed by atoms with Crippen LogP contribution < -0.4 is 16.9 Å². The zero-order valence-corrected chi connectivity index (χ0v) is 18.8. The summed E-state index contributed by atoms with van der Waals surface area (Å²) < 4.78 is 21.4. The van der Waals surface area contributed by atoms with Crippen molar-refractivity contribution in [3.8, 4) is 11.1 Å². The first-order chi connectivity index (χ1) is 15.8. The summed E-state index contributed by atoms with van der Waals surface area (Å²) in [6.07, 6.45) is 4.88. The van der Waals surface area contributed by atoms with Crippen molar-refractivity contribution in [1.82, 2.24) is 19.6 Å². The zero-order chi connectivity index (χ0) is 23.7. The number of cyclic esters (lactones) is 1. The van der Waals surface area contributed by atoms with Crippen molar-refractivity contribution < 1.29 is 19.3 Å².